The number of rotatable bonds is 4. The van der Waals surface area contributed by atoms with Gasteiger partial charge < -0.3 is 20.4 Å². The third-order valence-corrected chi connectivity index (χ3v) is 5.76. The van der Waals surface area contributed by atoms with E-state index in [1.807, 2.05) is 0 Å². The van der Waals surface area contributed by atoms with Crippen molar-refractivity contribution in [3.63, 3.8) is 0 Å². The molecule has 0 aromatic rings. The van der Waals surface area contributed by atoms with E-state index in [4.69, 9.17) is 66.8 Å². The molecule has 108 valence electrons. The fourth-order valence-corrected chi connectivity index (χ4v) is 3.43. The van der Waals surface area contributed by atoms with Crippen LogP contribution in [0, 0.1) is 23.7 Å². The molecular weight excluding hydrogens is 326 g/mol. The molecule has 0 aromatic carbocycles. The zero-order valence-corrected chi connectivity index (χ0v) is 12.5. The van der Waals surface area contributed by atoms with E-state index in [1.165, 1.54) is 0 Å². The highest BCUT2D eigenvalue weighted by molar-refractivity contribution is 6.51. The number of alkyl halides is 4. The maximum absolute atomic E-state index is 8.56. The van der Waals surface area contributed by atoms with E-state index in [0.717, 1.165) is 0 Å². The van der Waals surface area contributed by atoms with Crippen LogP contribution in [0.5, 0.6) is 0 Å². The van der Waals surface area contributed by atoms with Crippen LogP contribution in [-0.4, -0.2) is 55.5 Å². The molecule has 18 heavy (non-hydrogen) atoms. The minimum Gasteiger partial charge on any atom is -0.396 e. The van der Waals surface area contributed by atoms with E-state index >= 15 is 0 Å². The lowest BCUT2D eigenvalue weighted by Crippen LogP contribution is -1.94. The Hall–Kier alpha value is 1.00. The summed E-state index contributed by atoms with van der Waals surface area (Å²) < 4.78 is -1.74. The molecule has 8 heteroatoms. The molecular formula is C10H16Cl4O4. The molecule has 2 saturated carbocycles. The Morgan fingerprint density at radius 2 is 0.722 bits per heavy atom. The second kappa shape index (κ2) is 6.19. The first kappa shape index (κ1) is 17.1. The van der Waals surface area contributed by atoms with Gasteiger partial charge in [0.05, 0.1) is 0 Å². The molecule has 0 amide bonds. The maximum Gasteiger partial charge on any atom is 0.129 e. The van der Waals surface area contributed by atoms with E-state index in [9.17, 15) is 0 Å². The highest BCUT2D eigenvalue weighted by Gasteiger charge is 2.62. The Bertz CT molecular complexity index is 235. The Balaban J connectivity index is 0.000000180. The SMILES string of the molecule is OC[C@@H]1[C@H](CO)C1(Cl)Cl.OC[C@@H]1[C@H](CO)C1(Cl)Cl. The summed E-state index contributed by atoms with van der Waals surface area (Å²) in [5.74, 6) is -0.534. The van der Waals surface area contributed by atoms with E-state index in [2.05, 4.69) is 0 Å². The van der Waals surface area contributed by atoms with Crippen LogP contribution in [0.3, 0.4) is 0 Å². The summed E-state index contributed by atoms with van der Waals surface area (Å²) in [5.41, 5.74) is 0. The minimum atomic E-state index is -0.872. The van der Waals surface area contributed by atoms with E-state index < -0.39 is 8.67 Å². The lowest BCUT2D eigenvalue weighted by Gasteiger charge is -1.91. The van der Waals surface area contributed by atoms with Crippen molar-refractivity contribution in [1.29, 1.82) is 0 Å². The average molecular weight is 342 g/mol. The monoisotopic (exact) mass is 340 g/mol. The molecule has 2 rings (SSSR count). The Morgan fingerprint density at radius 3 is 0.778 bits per heavy atom. The summed E-state index contributed by atoms with van der Waals surface area (Å²) in [5, 5.41) is 34.3. The molecule has 0 spiro atoms. The zero-order valence-electron chi connectivity index (χ0n) is 9.44. The van der Waals surface area contributed by atoms with Crippen LogP contribution in [0.15, 0.2) is 0 Å². The molecule has 0 aliphatic heterocycles. The second-order valence-corrected chi connectivity index (χ2v) is 7.39. The molecule has 0 heterocycles. The quantitative estimate of drug-likeness (QED) is 0.570. The van der Waals surface area contributed by atoms with Crippen LogP contribution in [0.4, 0.5) is 0 Å². The van der Waals surface area contributed by atoms with Gasteiger partial charge in [0.15, 0.2) is 0 Å². The van der Waals surface area contributed by atoms with Crippen molar-refractivity contribution in [2.75, 3.05) is 26.4 Å². The molecule has 2 aliphatic carbocycles. The largest absolute Gasteiger partial charge is 0.396 e. The van der Waals surface area contributed by atoms with Crippen molar-refractivity contribution < 1.29 is 20.4 Å². The molecule has 0 aromatic heterocycles. The molecule has 2 fully saturated rings. The van der Waals surface area contributed by atoms with Crippen LogP contribution >= 0.6 is 46.4 Å². The summed E-state index contributed by atoms with van der Waals surface area (Å²) in [7, 11) is 0. The smallest absolute Gasteiger partial charge is 0.129 e. The van der Waals surface area contributed by atoms with Crippen molar-refractivity contribution in [3.8, 4) is 0 Å². The van der Waals surface area contributed by atoms with Crippen molar-refractivity contribution >= 4 is 46.4 Å². The standard InChI is InChI=1S/2C5H8Cl2O2/c2*6-5(7)3(1-8)4(5)2-9/h2*3-4,8-9H,1-2H2/t2*3-,4+. The number of aliphatic hydroxyl groups is 4. The van der Waals surface area contributed by atoms with Crippen LogP contribution in [-0.2, 0) is 0 Å². The number of hydrogen-bond acceptors (Lipinski definition) is 4. The molecule has 0 bridgehead atoms. The minimum absolute atomic E-state index is 0.0434. The maximum atomic E-state index is 8.56. The Morgan fingerprint density at radius 1 is 0.556 bits per heavy atom. The van der Waals surface area contributed by atoms with Crippen molar-refractivity contribution in [2.24, 2.45) is 23.7 Å². The van der Waals surface area contributed by atoms with Crippen LogP contribution < -0.4 is 0 Å². The predicted molar refractivity (Wildman–Crippen MR) is 71.2 cm³/mol. The van der Waals surface area contributed by atoms with Crippen LogP contribution in [0.25, 0.3) is 0 Å². The highest BCUT2D eigenvalue weighted by Crippen LogP contribution is 2.58. The molecule has 4 atom stereocenters. The van der Waals surface area contributed by atoms with Crippen molar-refractivity contribution in [2.45, 2.75) is 8.67 Å². The summed E-state index contributed by atoms with van der Waals surface area (Å²) in [6.07, 6.45) is 0. The van der Waals surface area contributed by atoms with Gasteiger partial charge in [-0.1, -0.05) is 0 Å². The molecule has 0 radical (unpaired) electrons. The zero-order chi connectivity index (χ0) is 14.1. The second-order valence-electron chi connectivity index (χ2n) is 4.51. The van der Waals surface area contributed by atoms with Gasteiger partial charge in [-0.15, -0.1) is 46.4 Å². The number of hydrogen-bond donors (Lipinski definition) is 4. The lowest BCUT2D eigenvalue weighted by molar-refractivity contribution is 0.232. The normalized spacial score (nSPS) is 38.7. The van der Waals surface area contributed by atoms with Gasteiger partial charge in [0.1, 0.15) is 8.67 Å². The Labute approximate surface area is 125 Å². The first-order chi connectivity index (χ1) is 8.28. The fraction of sp³-hybridized carbons (Fsp3) is 1.00. The predicted octanol–water partition coefficient (Wildman–Crippen LogP) is 0.782. The van der Waals surface area contributed by atoms with Crippen molar-refractivity contribution in [3.05, 3.63) is 0 Å². The van der Waals surface area contributed by atoms with E-state index in [-0.39, 0.29) is 50.1 Å². The van der Waals surface area contributed by atoms with Gasteiger partial charge >= 0.3 is 0 Å². The molecule has 0 saturated heterocycles. The van der Waals surface area contributed by atoms with Gasteiger partial charge in [0.2, 0.25) is 0 Å². The summed E-state index contributed by atoms with van der Waals surface area (Å²) >= 11 is 22.5. The van der Waals surface area contributed by atoms with Crippen molar-refractivity contribution in [1.82, 2.24) is 0 Å². The molecule has 4 nitrogen and oxygen atoms in total. The lowest BCUT2D eigenvalue weighted by atomic mass is 10.3. The van der Waals surface area contributed by atoms with Gasteiger partial charge in [0.25, 0.3) is 0 Å². The van der Waals surface area contributed by atoms with Gasteiger partial charge in [-0.3, -0.25) is 0 Å². The summed E-state index contributed by atoms with van der Waals surface area (Å²) in [6, 6.07) is 0. The summed E-state index contributed by atoms with van der Waals surface area (Å²) in [6.45, 7) is -0.174. The van der Waals surface area contributed by atoms with Gasteiger partial charge in [0, 0.05) is 50.1 Å². The van der Waals surface area contributed by atoms with Crippen LogP contribution in [0.1, 0.15) is 0 Å². The third kappa shape index (κ3) is 3.18. The van der Waals surface area contributed by atoms with Gasteiger partial charge in [-0.25, -0.2) is 0 Å². The number of halogens is 4. The number of aliphatic hydroxyl groups excluding tert-OH is 4. The van der Waals surface area contributed by atoms with Gasteiger partial charge in [-0.2, -0.15) is 0 Å². The highest BCUT2D eigenvalue weighted by atomic mass is 35.5. The Kier molecular flexibility index (Phi) is 5.86. The molecule has 4 N–H and O–H groups in total. The first-order valence-corrected chi connectivity index (χ1v) is 6.99. The third-order valence-electron chi connectivity index (χ3n) is 3.52. The topological polar surface area (TPSA) is 80.9 Å². The average Bonchev–Trinajstić information content (AvgIpc) is 3.07. The fourth-order valence-electron chi connectivity index (χ4n) is 1.92. The molecule has 2 aliphatic rings. The molecule has 0 unspecified atom stereocenters. The summed E-state index contributed by atoms with van der Waals surface area (Å²) in [4.78, 5) is 0. The van der Waals surface area contributed by atoms with Gasteiger partial charge in [-0.05, 0) is 0 Å². The van der Waals surface area contributed by atoms with Crippen LogP contribution in [0.2, 0.25) is 0 Å². The van der Waals surface area contributed by atoms with E-state index in [1.54, 1.807) is 0 Å². The van der Waals surface area contributed by atoms with E-state index in [0.29, 0.717) is 0 Å². The first-order valence-electron chi connectivity index (χ1n) is 5.48.